The minimum Gasteiger partial charge on any atom is -0.434 e. The Morgan fingerprint density at radius 3 is 2.68 bits per heavy atom. The molecule has 1 spiro atoms. The third-order valence-corrected chi connectivity index (χ3v) is 8.11. The highest BCUT2D eigenvalue weighted by Crippen LogP contribution is 2.63. The summed E-state index contributed by atoms with van der Waals surface area (Å²) in [6, 6.07) is 4.69. The normalized spacial score (nSPS) is 19.2. The van der Waals surface area contributed by atoms with Gasteiger partial charge >= 0.3 is 6.61 Å². The van der Waals surface area contributed by atoms with Crippen LogP contribution in [-0.4, -0.2) is 81.8 Å². The maximum Gasteiger partial charge on any atom is 0.387 e. The van der Waals surface area contributed by atoms with Crippen LogP contribution in [0.25, 0.3) is 11.0 Å². The van der Waals surface area contributed by atoms with Gasteiger partial charge in [0.1, 0.15) is 16.8 Å². The van der Waals surface area contributed by atoms with Gasteiger partial charge in [0.15, 0.2) is 5.82 Å². The Morgan fingerprint density at radius 1 is 1.21 bits per heavy atom. The molecule has 1 aliphatic heterocycles. The number of nitrogens with two attached hydrogens (primary N) is 1. The fraction of sp³-hybridized carbons (Fsp3) is 0.538. The lowest BCUT2D eigenvalue weighted by atomic mass is 9.72. The number of nitrogens with one attached hydrogen (secondary N) is 1. The summed E-state index contributed by atoms with van der Waals surface area (Å²) in [5, 5.41) is 7.86. The van der Waals surface area contributed by atoms with Gasteiger partial charge in [-0.1, -0.05) is 6.07 Å². The monoisotopic (exact) mass is 526 g/mol. The fourth-order valence-electron chi connectivity index (χ4n) is 5.77. The van der Waals surface area contributed by atoms with E-state index in [9.17, 15) is 13.6 Å². The van der Waals surface area contributed by atoms with Crippen molar-refractivity contribution in [2.45, 2.75) is 38.8 Å². The topological polar surface area (TPSA) is 114 Å². The number of alkyl halides is 2. The standard InChI is InChI=1S/C26H32F2N8O2/c1-34-6-8-35(9-7-34)23(37)17-2-3-18(20(10-17)38-24(27)28)15-36-21-19(14-31-36)32-25(29)33-22(21)30-13-16-11-26(12-16)4-5-26/h2-3,10,14,16,24H,4-9,11-13,15H2,1H3,(H3,29,30,32,33). The van der Waals surface area contributed by atoms with E-state index in [0.717, 1.165) is 19.6 Å². The summed E-state index contributed by atoms with van der Waals surface area (Å²) in [7, 11) is 2.00. The first-order valence-corrected chi connectivity index (χ1v) is 13.1. The summed E-state index contributed by atoms with van der Waals surface area (Å²) in [5.41, 5.74) is 8.52. The Balaban J connectivity index is 1.25. The molecule has 3 fully saturated rings. The van der Waals surface area contributed by atoms with Crippen LogP contribution in [0.5, 0.6) is 5.75 Å². The zero-order chi connectivity index (χ0) is 26.4. The molecule has 0 radical (unpaired) electrons. The number of nitrogens with zero attached hydrogens (tertiary/aromatic N) is 6. The third kappa shape index (κ3) is 4.96. The third-order valence-electron chi connectivity index (χ3n) is 8.11. The second-order valence-corrected chi connectivity index (χ2v) is 10.9. The Hall–Kier alpha value is -3.54. The molecule has 12 heteroatoms. The minimum absolute atomic E-state index is 0.0568. The SMILES string of the molecule is CN1CCN(C(=O)c2ccc(Cn3ncc4nc(N)nc(NCC5CC6(CC6)C5)c43)c(OC(F)F)c2)CC1. The molecule has 202 valence electrons. The number of halogens is 2. The minimum atomic E-state index is -3.03. The van der Waals surface area contributed by atoms with E-state index < -0.39 is 6.61 Å². The van der Waals surface area contributed by atoms with E-state index in [1.807, 2.05) is 7.05 Å². The number of benzene rings is 1. The lowest BCUT2D eigenvalue weighted by molar-refractivity contribution is -0.0505. The first-order chi connectivity index (χ1) is 18.3. The number of fused-ring (bicyclic) bond motifs is 1. The molecule has 1 amide bonds. The summed E-state index contributed by atoms with van der Waals surface area (Å²) < 4.78 is 33.2. The number of carbonyl (C=O) groups is 1. The highest BCUT2D eigenvalue weighted by Gasteiger charge is 2.52. The van der Waals surface area contributed by atoms with Crippen molar-refractivity contribution in [3.8, 4) is 5.75 Å². The van der Waals surface area contributed by atoms with E-state index in [4.69, 9.17) is 10.5 Å². The molecular weight excluding hydrogens is 494 g/mol. The summed E-state index contributed by atoms with van der Waals surface area (Å²) in [6.07, 6.45) is 6.72. The second kappa shape index (κ2) is 9.64. The molecule has 10 nitrogen and oxygen atoms in total. The molecule has 0 unspecified atom stereocenters. The van der Waals surface area contributed by atoms with Crippen molar-refractivity contribution in [1.82, 2.24) is 29.5 Å². The molecule has 1 aromatic carbocycles. The van der Waals surface area contributed by atoms with Crippen molar-refractivity contribution in [2.24, 2.45) is 11.3 Å². The predicted octanol–water partition coefficient (Wildman–Crippen LogP) is 3.05. The number of rotatable bonds is 8. The van der Waals surface area contributed by atoms with Crippen LogP contribution in [0, 0.1) is 11.3 Å². The van der Waals surface area contributed by atoms with Crippen LogP contribution in [0.1, 0.15) is 41.6 Å². The summed E-state index contributed by atoms with van der Waals surface area (Å²) >= 11 is 0. The number of piperazine rings is 1. The molecule has 3 aromatic rings. The number of aromatic nitrogens is 4. The van der Waals surface area contributed by atoms with Crippen molar-refractivity contribution in [3.63, 3.8) is 0 Å². The van der Waals surface area contributed by atoms with Gasteiger partial charge in [0.05, 0.1) is 12.7 Å². The highest BCUT2D eigenvalue weighted by atomic mass is 19.3. The van der Waals surface area contributed by atoms with Gasteiger partial charge in [-0.2, -0.15) is 18.9 Å². The Morgan fingerprint density at radius 2 is 1.97 bits per heavy atom. The largest absolute Gasteiger partial charge is 0.434 e. The number of likely N-dealkylation sites (N-methyl/N-ethyl adjacent to an activating group) is 1. The number of hydrogen-bond donors (Lipinski definition) is 2. The first-order valence-electron chi connectivity index (χ1n) is 13.1. The average Bonchev–Trinajstić information content (AvgIpc) is 3.57. The van der Waals surface area contributed by atoms with Gasteiger partial charge in [0.2, 0.25) is 5.95 Å². The molecule has 38 heavy (non-hydrogen) atoms. The van der Waals surface area contributed by atoms with Gasteiger partial charge in [-0.05, 0) is 56.2 Å². The maximum absolute atomic E-state index is 13.4. The maximum atomic E-state index is 13.4. The van der Waals surface area contributed by atoms with E-state index in [2.05, 4.69) is 25.3 Å². The van der Waals surface area contributed by atoms with Crippen LogP contribution >= 0.6 is 0 Å². The first kappa shape index (κ1) is 24.8. The predicted molar refractivity (Wildman–Crippen MR) is 138 cm³/mol. The number of ether oxygens (including phenoxy) is 1. The molecule has 1 saturated heterocycles. The molecular formula is C26H32F2N8O2. The molecule has 0 atom stereocenters. The van der Waals surface area contributed by atoms with Crippen LogP contribution in [0.4, 0.5) is 20.5 Å². The fourth-order valence-corrected chi connectivity index (χ4v) is 5.77. The van der Waals surface area contributed by atoms with Crippen LogP contribution in [0.15, 0.2) is 24.4 Å². The summed E-state index contributed by atoms with van der Waals surface area (Å²) in [5.74, 6) is 1.04. The van der Waals surface area contributed by atoms with Crippen LogP contribution in [0.3, 0.4) is 0 Å². The smallest absolute Gasteiger partial charge is 0.387 e. The molecule has 2 saturated carbocycles. The van der Waals surface area contributed by atoms with Crippen LogP contribution in [0.2, 0.25) is 0 Å². The molecule has 6 rings (SSSR count). The Kier molecular flexibility index (Phi) is 6.29. The van der Waals surface area contributed by atoms with Gasteiger partial charge in [0, 0.05) is 43.9 Å². The van der Waals surface area contributed by atoms with Crippen LogP contribution < -0.4 is 15.8 Å². The quantitative estimate of drug-likeness (QED) is 0.460. The summed E-state index contributed by atoms with van der Waals surface area (Å²) in [4.78, 5) is 25.6. The number of amides is 1. The van der Waals surface area contributed by atoms with Crippen molar-refractivity contribution < 1.29 is 18.3 Å². The van der Waals surface area contributed by atoms with Gasteiger partial charge in [-0.25, -0.2) is 4.98 Å². The van der Waals surface area contributed by atoms with Gasteiger partial charge in [-0.15, -0.1) is 0 Å². The van der Waals surface area contributed by atoms with E-state index >= 15 is 0 Å². The molecule has 3 N–H and O–H groups in total. The lowest BCUT2D eigenvalue weighted by Gasteiger charge is -2.36. The molecule has 3 heterocycles. The molecule has 2 aliphatic carbocycles. The van der Waals surface area contributed by atoms with Crippen molar-refractivity contribution in [2.75, 3.05) is 50.8 Å². The van der Waals surface area contributed by atoms with E-state index in [-0.39, 0.29) is 24.1 Å². The molecule has 3 aliphatic rings. The van der Waals surface area contributed by atoms with Crippen molar-refractivity contribution in [1.29, 1.82) is 0 Å². The zero-order valence-corrected chi connectivity index (χ0v) is 21.4. The molecule has 0 bridgehead atoms. The van der Waals surface area contributed by atoms with E-state index in [1.165, 1.54) is 31.7 Å². The summed E-state index contributed by atoms with van der Waals surface area (Å²) in [6.45, 7) is 0.575. The number of hydrogen-bond acceptors (Lipinski definition) is 8. The van der Waals surface area contributed by atoms with Gasteiger partial charge < -0.3 is 25.6 Å². The van der Waals surface area contributed by atoms with E-state index in [1.54, 1.807) is 27.9 Å². The Labute approximate surface area is 219 Å². The van der Waals surface area contributed by atoms with Crippen LogP contribution in [-0.2, 0) is 6.54 Å². The lowest BCUT2D eigenvalue weighted by Crippen LogP contribution is -2.47. The average molecular weight is 527 g/mol. The number of nitrogen functional groups attached to an aromatic ring is 1. The highest BCUT2D eigenvalue weighted by molar-refractivity contribution is 5.95. The van der Waals surface area contributed by atoms with Gasteiger partial charge in [0.25, 0.3) is 5.91 Å². The van der Waals surface area contributed by atoms with Crippen molar-refractivity contribution in [3.05, 3.63) is 35.5 Å². The van der Waals surface area contributed by atoms with Crippen molar-refractivity contribution >= 4 is 28.7 Å². The number of carbonyl (C=O) groups excluding carboxylic acids is 1. The second-order valence-electron chi connectivity index (χ2n) is 10.9. The Bertz CT molecular complexity index is 1340. The number of anilines is 2. The van der Waals surface area contributed by atoms with Gasteiger partial charge in [-0.3, -0.25) is 9.48 Å². The zero-order valence-electron chi connectivity index (χ0n) is 21.4. The molecule has 2 aromatic heterocycles. The van der Waals surface area contributed by atoms with E-state index in [0.29, 0.717) is 52.4 Å².